The zero-order valence-electron chi connectivity index (χ0n) is 23.0. The van der Waals surface area contributed by atoms with Crippen LogP contribution in [-0.4, -0.2) is 36.1 Å². The molecule has 40 heavy (non-hydrogen) atoms. The number of amides is 1. The minimum absolute atomic E-state index is 0.0351. The molecule has 1 aliphatic rings. The molecule has 0 fully saturated rings. The lowest BCUT2D eigenvalue weighted by Gasteiger charge is -2.24. The van der Waals surface area contributed by atoms with Crippen LogP contribution in [0.2, 0.25) is 0 Å². The molecule has 4 N–H and O–H groups in total. The van der Waals surface area contributed by atoms with E-state index in [4.69, 9.17) is 9.72 Å². The van der Waals surface area contributed by atoms with Crippen molar-refractivity contribution < 1.29 is 9.53 Å². The summed E-state index contributed by atoms with van der Waals surface area (Å²) in [6.07, 6.45) is 2.80. The van der Waals surface area contributed by atoms with Crippen molar-refractivity contribution >= 4 is 35.3 Å². The lowest BCUT2D eigenvalue weighted by atomic mass is 9.83. The molecule has 5 rings (SSSR count). The fourth-order valence-electron chi connectivity index (χ4n) is 4.40. The number of benzene rings is 3. The van der Waals surface area contributed by atoms with Crippen molar-refractivity contribution in [1.29, 1.82) is 0 Å². The average Bonchev–Trinajstić information content (AvgIpc) is 2.98. The SMILES string of the molecule is COc1ccc(C(C)(C)C(=O)NCc2ccc(-c3cnc4nc3NCCCNSc3cccc(c3)N4)cc2)cc1. The van der Waals surface area contributed by atoms with Gasteiger partial charge in [0.15, 0.2) is 0 Å². The molecular weight excluding hydrogens is 520 g/mol. The van der Waals surface area contributed by atoms with E-state index in [1.165, 1.54) is 0 Å². The normalized spacial score (nSPS) is 13.5. The van der Waals surface area contributed by atoms with Crippen molar-refractivity contribution in [3.8, 4) is 16.9 Å². The predicted molar refractivity (Wildman–Crippen MR) is 162 cm³/mol. The van der Waals surface area contributed by atoms with Crippen LogP contribution in [0.15, 0.2) is 83.9 Å². The number of aromatic nitrogens is 2. The second kappa shape index (κ2) is 12.4. The zero-order chi connectivity index (χ0) is 28.0. The number of anilines is 3. The summed E-state index contributed by atoms with van der Waals surface area (Å²) in [6, 6.07) is 23.9. The van der Waals surface area contributed by atoms with Crippen LogP contribution in [0.1, 0.15) is 31.4 Å². The summed E-state index contributed by atoms with van der Waals surface area (Å²) in [7, 11) is 1.63. The summed E-state index contributed by atoms with van der Waals surface area (Å²) in [5.41, 5.74) is 4.14. The minimum atomic E-state index is -0.672. The fraction of sp³-hybridized carbons (Fsp3) is 0.258. The lowest BCUT2D eigenvalue weighted by Crippen LogP contribution is -2.39. The molecule has 0 spiro atoms. The molecule has 0 saturated heterocycles. The first kappa shape index (κ1) is 27.5. The zero-order valence-corrected chi connectivity index (χ0v) is 23.8. The number of nitrogens with one attached hydrogen (secondary N) is 4. The van der Waals surface area contributed by atoms with Crippen LogP contribution in [0.5, 0.6) is 5.75 Å². The van der Waals surface area contributed by atoms with Crippen LogP contribution in [0.4, 0.5) is 17.5 Å². The Bertz CT molecular complexity index is 1460. The highest BCUT2D eigenvalue weighted by Crippen LogP contribution is 2.29. The van der Waals surface area contributed by atoms with Gasteiger partial charge in [0.2, 0.25) is 11.9 Å². The molecule has 2 heterocycles. The van der Waals surface area contributed by atoms with Gasteiger partial charge in [-0.1, -0.05) is 42.5 Å². The van der Waals surface area contributed by atoms with E-state index < -0.39 is 5.41 Å². The van der Waals surface area contributed by atoms with E-state index in [1.54, 1.807) is 19.1 Å². The Labute approximate surface area is 239 Å². The van der Waals surface area contributed by atoms with E-state index in [0.29, 0.717) is 12.5 Å². The van der Waals surface area contributed by atoms with Gasteiger partial charge in [-0.2, -0.15) is 4.98 Å². The highest BCUT2D eigenvalue weighted by Gasteiger charge is 2.29. The van der Waals surface area contributed by atoms with Crippen LogP contribution >= 0.6 is 11.9 Å². The number of fused-ring (bicyclic) bond motifs is 4. The van der Waals surface area contributed by atoms with Crippen molar-refractivity contribution in [3.63, 3.8) is 0 Å². The first-order chi connectivity index (χ1) is 19.4. The monoisotopic (exact) mass is 554 g/mol. The van der Waals surface area contributed by atoms with Crippen LogP contribution in [0.3, 0.4) is 0 Å². The number of rotatable bonds is 6. The summed E-state index contributed by atoms with van der Waals surface area (Å²) in [4.78, 5) is 23.6. The maximum absolute atomic E-state index is 13.1. The van der Waals surface area contributed by atoms with Gasteiger partial charge in [-0.3, -0.25) is 9.52 Å². The van der Waals surface area contributed by atoms with Crippen molar-refractivity contribution in [3.05, 3.63) is 90.1 Å². The smallest absolute Gasteiger partial charge is 0.230 e. The molecule has 0 unspecified atom stereocenters. The van der Waals surface area contributed by atoms with Gasteiger partial charge in [0, 0.05) is 42.0 Å². The van der Waals surface area contributed by atoms with E-state index in [-0.39, 0.29) is 5.91 Å². The molecule has 1 aromatic heterocycles. The maximum atomic E-state index is 13.1. The molecule has 0 atom stereocenters. The van der Waals surface area contributed by atoms with Crippen LogP contribution in [0.25, 0.3) is 11.1 Å². The third kappa shape index (κ3) is 6.55. The number of methoxy groups -OCH3 is 1. The van der Waals surface area contributed by atoms with Gasteiger partial charge < -0.3 is 20.7 Å². The Hall–Kier alpha value is -4.08. The van der Waals surface area contributed by atoms with E-state index >= 15 is 0 Å². The summed E-state index contributed by atoms with van der Waals surface area (Å²) in [6.45, 7) is 5.95. The number of nitrogens with zero attached hydrogens (tertiary/aromatic N) is 2. The molecule has 3 aromatic carbocycles. The largest absolute Gasteiger partial charge is 0.497 e. The van der Waals surface area contributed by atoms with Gasteiger partial charge in [0.25, 0.3) is 0 Å². The maximum Gasteiger partial charge on any atom is 0.230 e. The van der Waals surface area contributed by atoms with Gasteiger partial charge in [-0.15, -0.1) is 0 Å². The van der Waals surface area contributed by atoms with Gasteiger partial charge >= 0.3 is 0 Å². The minimum Gasteiger partial charge on any atom is -0.497 e. The van der Waals surface area contributed by atoms with Crippen molar-refractivity contribution in [2.24, 2.45) is 0 Å². The Morgan fingerprint density at radius 3 is 2.62 bits per heavy atom. The van der Waals surface area contributed by atoms with Gasteiger partial charge in [0.05, 0.1) is 12.5 Å². The first-order valence-corrected chi connectivity index (χ1v) is 14.1. The summed E-state index contributed by atoms with van der Waals surface area (Å²) >= 11 is 1.62. The summed E-state index contributed by atoms with van der Waals surface area (Å²) in [5.74, 6) is 2.06. The molecule has 0 radical (unpaired) electrons. The highest BCUT2D eigenvalue weighted by atomic mass is 32.2. The van der Waals surface area contributed by atoms with Gasteiger partial charge in [-0.25, -0.2) is 4.98 Å². The van der Waals surface area contributed by atoms with Crippen molar-refractivity contribution in [2.75, 3.05) is 30.8 Å². The number of hydrogen-bond donors (Lipinski definition) is 4. The summed E-state index contributed by atoms with van der Waals surface area (Å²) < 4.78 is 8.65. The molecule has 1 amide bonds. The fourth-order valence-corrected chi connectivity index (χ4v) is 5.15. The molecule has 4 bridgehead atoms. The molecule has 206 valence electrons. The lowest BCUT2D eigenvalue weighted by molar-refractivity contribution is -0.125. The Morgan fingerprint density at radius 1 is 1.05 bits per heavy atom. The van der Waals surface area contributed by atoms with Crippen LogP contribution in [0, 0.1) is 0 Å². The van der Waals surface area contributed by atoms with Crippen LogP contribution in [-0.2, 0) is 16.8 Å². The van der Waals surface area contributed by atoms with Gasteiger partial charge in [-0.05, 0) is 79.2 Å². The number of carbonyl (C=O) groups is 1. The van der Waals surface area contributed by atoms with E-state index in [9.17, 15) is 4.79 Å². The number of hydrogen-bond acceptors (Lipinski definition) is 8. The number of ether oxygens (including phenoxy) is 1. The molecule has 1 aliphatic heterocycles. The second-order valence-corrected chi connectivity index (χ2v) is 11.1. The summed E-state index contributed by atoms with van der Waals surface area (Å²) in [5, 5.41) is 9.89. The van der Waals surface area contributed by atoms with Gasteiger partial charge in [0.1, 0.15) is 11.6 Å². The molecule has 0 aliphatic carbocycles. The third-order valence-electron chi connectivity index (χ3n) is 6.91. The van der Waals surface area contributed by atoms with Crippen molar-refractivity contribution in [1.82, 2.24) is 20.0 Å². The third-order valence-corrected chi connectivity index (χ3v) is 7.75. The Balaban J connectivity index is 1.28. The quantitative estimate of drug-likeness (QED) is 0.219. The topological polar surface area (TPSA) is 100 Å². The van der Waals surface area contributed by atoms with Crippen LogP contribution < -0.4 is 25.4 Å². The Kier molecular flexibility index (Phi) is 8.52. The standard InChI is InChI=1S/C31H34N6O2S/c1-31(2,23-12-14-25(39-3)15-13-23)29(38)33-19-21-8-10-22(11-9-21)27-20-34-30-36-24-6-4-7-26(18-24)40-35-17-5-16-32-28(27)37-30/h4,6-15,18,20,35H,5,16-17,19H2,1-3H3,(H,33,38)(H2,32,34,36,37). The molecule has 8 nitrogen and oxygen atoms in total. The highest BCUT2D eigenvalue weighted by molar-refractivity contribution is 7.97. The van der Waals surface area contributed by atoms with E-state index in [2.05, 4.69) is 37.8 Å². The number of carbonyl (C=O) groups excluding carboxylic acids is 1. The predicted octanol–water partition coefficient (Wildman–Crippen LogP) is 5.90. The molecule has 4 aromatic rings. The molecule has 0 saturated carbocycles. The van der Waals surface area contributed by atoms with E-state index in [1.807, 2.05) is 80.7 Å². The molecule has 9 heteroatoms. The Morgan fingerprint density at radius 2 is 1.85 bits per heavy atom. The average molecular weight is 555 g/mol. The molecular formula is C31H34N6O2S. The second-order valence-electron chi connectivity index (χ2n) is 10.1. The first-order valence-electron chi connectivity index (χ1n) is 13.3. The van der Waals surface area contributed by atoms with E-state index in [0.717, 1.165) is 63.9 Å². The van der Waals surface area contributed by atoms with Crippen molar-refractivity contribution in [2.45, 2.75) is 37.1 Å².